The molecule has 0 saturated carbocycles. The van der Waals surface area contributed by atoms with Gasteiger partial charge in [-0.3, -0.25) is 4.90 Å². The molecular formula is C26H30FN5O2S2. The number of hydrogen-bond acceptors (Lipinski definition) is 6. The Labute approximate surface area is 215 Å². The fourth-order valence-electron chi connectivity index (χ4n) is 4.93. The number of nitrogens with zero attached hydrogens (tertiary/aromatic N) is 5. The smallest absolute Gasteiger partial charge is 0.254 e. The van der Waals surface area contributed by atoms with Crippen LogP contribution in [0.4, 0.5) is 4.39 Å². The molecular weight excluding hydrogens is 497 g/mol. The van der Waals surface area contributed by atoms with E-state index in [-0.39, 0.29) is 11.9 Å². The largest absolute Gasteiger partial charge is 0.293 e. The topological polar surface area (TPSA) is 71.3 Å². The monoisotopic (exact) mass is 527 g/mol. The molecule has 1 atom stereocenters. The van der Waals surface area contributed by atoms with Crippen molar-refractivity contribution in [1.29, 1.82) is 0 Å². The fraction of sp³-hybridized carbons (Fsp3) is 0.385. The Morgan fingerprint density at radius 1 is 1.11 bits per heavy atom. The molecule has 0 spiro atoms. The summed E-state index contributed by atoms with van der Waals surface area (Å²) in [5.74, 6) is 0.161. The zero-order valence-corrected chi connectivity index (χ0v) is 22.5. The highest BCUT2D eigenvalue weighted by atomic mass is 32.2. The first-order chi connectivity index (χ1) is 17.1. The van der Waals surface area contributed by atoms with Crippen molar-refractivity contribution in [2.45, 2.75) is 37.9 Å². The number of halogens is 1. The van der Waals surface area contributed by atoms with Gasteiger partial charge in [-0.25, -0.2) is 22.5 Å². The summed E-state index contributed by atoms with van der Waals surface area (Å²) in [6.07, 6.45) is 3.28. The van der Waals surface area contributed by atoms with Gasteiger partial charge in [-0.15, -0.1) is 11.3 Å². The molecule has 2 aromatic heterocycles. The summed E-state index contributed by atoms with van der Waals surface area (Å²) in [5.41, 5.74) is 3.88. The third-order valence-corrected chi connectivity index (χ3v) is 9.85. The molecule has 190 valence electrons. The summed E-state index contributed by atoms with van der Waals surface area (Å²) in [6, 6.07) is 10.4. The lowest BCUT2D eigenvalue weighted by molar-refractivity contribution is 0.105. The van der Waals surface area contributed by atoms with Crippen LogP contribution >= 0.6 is 11.3 Å². The highest BCUT2D eigenvalue weighted by Crippen LogP contribution is 2.34. The average Bonchev–Trinajstić information content (AvgIpc) is 3.45. The zero-order valence-electron chi connectivity index (χ0n) is 20.8. The molecule has 5 rings (SSSR count). The van der Waals surface area contributed by atoms with Crippen molar-refractivity contribution in [1.82, 2.24) is 24.0 Å². The molecule has 4 aromatic rings. The molecule has 1 fully saturated rings. The van der Waals surface area contributed by atoms with E-state index >= 15 is 0 Å². The molecule has 0 radical (unpaired) electrons. The van der Waals surface area contributed by atoms with Gasteiger partial charge in [-0.2, -0.15) is 9.40 Å². The molecule has 0 amide bonds. The molecule has 0 unspecified atom stereocenters. The molecule has 36 heavy (non-hydrogen) atoms. The van der Waals surface area contributed by atoms with Crippen LogP contribution in [0.3, 0.4) is 0 Å². The Morgan fingerprint density at radius 3 is 2.53 bits per heavy atom. The second kappa shape index (κ2) is 9.66. The van der Waals surface area contributed by atoms with E-state index in [2.05, 4.69) is 47.9 Å². The van der Waals surface area contributed by atoms with E-state index in [1.54, 1.807) is 21.1 Å². The normalized spacial score (nSPS) is 17.9. The minimum Gasteiger partial charge on any atom is -0.293 e. The molecule has 2 aromatic carbocycles. The Balaban J connectivity index is 1.53. The van der Waals surface area contributed by atoms with Gasteiger partial charge in [0.05, 0.1) is 28.6 Å². The molecule has 1 saturated heterocycles. The number of sulfonamides is 1. The summed E-state index contributed by atoms with van der Waals surface area (Å²) in [4.78, 5) is 6.56. The van der Waals surface area contributed by atoms with Gasteiger partial charge in [-0.05, 0) is 67.3 Å². The van der Waals surface area contributed by atoms with Crippen molar-refractivity contribution in [3.63, 3.8) is 0 Å². The Kier molecular flexibility index (Phi) is 6.71. The maximum absolute atomic E-state index is 13.4. The molecule has 10 heteroatoms. The Hall–Kier alpha value is -2.66. The number of aromatic nitrogens is 3. The Morgan fingerprint density at radius 2 is 1.86 bits per heavy atom. The van der Waals surface area contributed by atoms with Crippen molar-refractivity contribution in [2.24, 2.45) is 5.92 Å². The van der Waals surface area contributed by atoms with Crippen LogP contribution in [0.1, 0.15) is 36.0 Å². The second-order valence-electron chi connectivity index (χ2n) is 9.77. The Bertz CT molecular complexity index is 1490. The lowest BCUT2D eigenvalue weighted by Crippen LogP contribution is -2.51. The van der Waals surface area contributed by atoms with Gasteiger partial charge in [0.25, 0.3) is 10.0 Å². The van der Waals surface area contributed by atoms with Gasteiger partial charge < -0.3 is 0 Å². The fourth-order valence-corrected chi connectivity index (χ4v) is 7.63. The average molecular weight is 528 g/mol. The first-order valence-electron chi connectivity index (χ1n) is 12.0. The van der Waals surface area contributed by atoms with E-state index in [1.807, 2.05) is 13.1 Å². The third-order valence-electron chi connectivity index (χ3n) is 6.63. The van der Waals surface area contributed by atoms with Gasteiger partial charge >= 0.3 is 0 Å². The molecule has 0 aliphatic carbocycles. The van der Waals surface area contributed by atoms with Crippen LogP contribution in [0.2, 0.25) is 0 Å². The molecule has 7 nitrogen and oxygen atoms in total. The van der Waals surface area contributed by atoms with E-state index in [1.165, 1.54) is 29.7 Å². The maximum Gasteiger partial charge on any atom is 0.254 e. The van der Waals surface area contributed by atoms with E-state index in [0.717, 1.165) is 39.3 Å². The van der Waals surface area contributed by atoms with Crippen LogP contribution in [0.5, 0.6) is 0 Å². The van der Waals surface area contributed by atoms with Crippen molar-refractivity contribution in [3.8, 4) is 5.69 Å². The number of fused-ring (bicyclic) bond motifs is 1. The van der Waals surface area contributed by atoms with E-state index < -0.39 is 10.0 Å². The summed E-state index contributed by atoms with van der Waals surface area (Å²) < 4.78 is 44.0. The summed E-state index contributed by atoms with van der Waals surface area (Å²) in [6.45, 7) is 10.6. The highest BCUT2D eigenvalue weighted by Gasteiger charge is 2.36. The minimum atomic E-state index is -3.61. The third kappa shape index (κ3) is 4.70. The van der Waals surface area contributed by atoms with Gasteiger partial charge in [0.1, 0.15) is 5.82 Å². The van der Waals surface area contributed by atoms with E-state index in [9.17, 15) is 12.8 Å². The molecule has 3 heterocycles. The van der Waals surface area contributed by atoms with Crippen LogP contribution < -0.4 is 0 Å². The lowest BCUT2D eigenvalue weighted by Gasteiger charge is -2.42. The first-order valence-corrected chi connectivity index (χ1v) is 14.3. The van der Waals surface area contributed by atoms with Gasteiger partial charge in [-0.1, -0.05) is 13.8 Å². The first kappa shape index (κ1) is 25.0. The van der Waals surface area contributed by atoms with Crippen molar-refractivity contribution < 1.29 is 12.8 Å². The molecule has 1 aliphatic rings. The SMILES string of the molecule is Cc1ncc(S(=O)(=O)N2CCN(CC(C)C)[C@H](c3cc4cnn(-c5ccc(F)cc5)c4cc3C)C2)s1. The predicted molar refractivity (Wildman–Crippen MR) is 141 cm³/mol. The number of rotatable bonds is 6. The maximum atomic E-state index is 13.4. The zero-order chi connectivity index (χ0) is 25.6. The number of piperazine rings is 1. The predicted octanol–water partition coefficient (Wildman–Crippen LogP) is 4.94. The van der Waals surface area contributed by atoms with Gasteiger partial charge in [0.2, 0.25) is 0 Å². The summed E-state index contributed by atoms with van der Waals surface area (Å²) >= 11 is 1.21. The van der Waals surface area contributed by atoms with Crippen LogP contribution in [-0.4, -0.2) is 58.6 Å². The summed E-state index contributed by atoms with van der Waals surface area (Å²) in [7, 11) is -3.61. The highest BCUT2D eigenvalue weighted by molar-refractivity contribution is 7.91. The number of benzene rings is 2. The van der Waals surface area contributed by atoms with E-state index in [4.69, 9.17) is 0 Å². The molecule has 0 bridgehead atoms. The summed E-state index contributed by atoms with van der Waals surface area (Å²) in [5, 5.41) is 6.25. The van der Waals surface area contributed by atoms with Crippen LogP contribution in [0, 0.1) is 25.6 Å². The number of aryl methyl sites for hydroxylation is 2. The molecule has 1 aliphatic heterocycles. The van der Waals surface area contributed by atoms with Crippen molar-refractivity contribution in [3.05, 3.63) is 70.7 Å². The lowest BCUT2D eigenvalue weighted by atomic mass is 9.96. The number of hydrogen-bond donors (Lipinski definition) is 0. The second-order valence-corrected chi connectivity index (χ2v) is 13.2. The van der Waals surface area contributed by atoms with Crippen molar-refractivity contribution in [2.75, 3.05) is 26.2 Å². The van der Waals surface area contributed by atoms with Gasteiger partial charge in [0, 0.05) is 37.6 Å². The van der Waals surface area contributed by atoms with Crippen LogP contribution in [-0.2, 0) is 10.0 Å². The molecule has 0 N–H and O–H groups in total. The van der Waals surface area contributed by atoms with Crippen LogP contribution in [0.15, 0.2) is 53.0 Å². The standard InChI is InChI=1S/C26H30FN5O2S2/c1-17(2)15-30-9-10-31(36(33,34)26-14-28-19(4)35-26)16-25(30)23-12-20-13-29-32(24(20)11-18(23)3)22-7-5-21(27)6-8-22/h5-8,11-14,17,25H,9-10,15-16H2,1-4H3/t25-/m0/s1. The van der Waals surface area contributed by atoms with Gasteiger partial charge in [0.15, 0.2) is 4.21 Å². The van der Waals surface area contributed by atoms with Crippen LogP contribution in [0.25, 0.3) is 16.6 Å². The number of thiazole rings is 1. The minimum absolute atomic E-state index is 0.0801. The van der Waals surface area contributed by atoms with Crippen molar-refractivity contribution >= 4 is 32.3 Å². The van der Waals surface area contributed by atoms with E-state index in [0.29, 0.717) is 29.8 Å². The quantitative estimate of drug-likeness (QED) is 0.355.